The molecular weight excluding hydrogens is 454 g/mol. The Hall–Kier alpha value is -4.10. The molecular formula is C26H20ClN3O4. The van der Waals surface area contributed by atoms with E-state index < -0.39 is 23.5 Å². The summed E-state index contributed by atoms with van der Waals surface area (Å²) in [6.45, 7) is 0. The highest BCUT2D eigenvalue weighted by Crippen LogP contribution is 2.42. The van der Waals surface area contributed by atoms with Crippen molar-refractivity contribution in [2.75, 3.05) is 23.9 Å². The number of aromatic nitrogens is 1. The Morgan fingerprint density at radius 3 is 2.44 bits per heavy atom. The van der Waals surface area contributed by atoms with Crippen molar-refractivity contribution in [3.8, 4) is 0 Å². The second-order valence-electron chi connectivity index (χ2n) is 8.15. The standard InChI is InChI=1S/C26H20ClN3O4/c1-29(2)18-4-6-19(7-5-18)30-23(15-9-11-28-12-10-15)22(25(32)26(30)33)24(31)21-14-16-13-17(27)3-8-20(16)34-21/h3-14,23,32H,1-2H3. The highest BCUT2D eigenvalue weighted by atomic mass is 35.5. The Balaban J connectivity index is 1.62. The predicted octanol–water partition coefficient (Wildman–Crippen LogP) is 5.33. The zero-order valence-electron chi connectivity index (χ0n) is 18.4. The Kier molecular flexibility index (Phi) is 5.34. The molecule has 0 spiro atoms. The number of benzene rings is 2. The smallest absolute Gasteiger partial charge is 0.294 e. The third kappa shape index (κ3) is 3.60. The maximum atomic E-state index is 13.6. The zero-order valence-corrected chi connectivity index (χ0v) is 19.2. The number of nitrogens with zero attached hydrogens (tertiary/aromatic N) is 3. The molecule has 4 aromatic rings. The largest absolute Gasteiger partial charge is 0.503 e. The Labute approximate surface area is 200 Å². The molecule has 1 N–H and O–H groups in total. The van der Waals surface area contributed by atoms with Gasteiger partial charge in [0.1, 0.15) is 5.58 Å². The number of aliphatic hydroxyl groups is 1. The molecule has 0 saturated heterocycles. The molecule has 2 aromatic carbocycles. The van der Waals surface area contributed by atoms with Crippen molar-refractivity contribution in [3.05, 3.63) is 101 Å². The highest BCUT2D eigenvalue weighted by molar-refractivity contribution is 6.31. The van der Waals surface area contributed by atoms with Gasteiger partial charge in [-0.25, -0.2) is 0 Å². The first-order chi connectivity index (χ1) is 16.3. The normalized spacial score (nSPS) is 15.9. The van der Waals surface area contributed by atoms with Gasteiger partial charge in [0.25, 0.3) is 5.91 Å². The number of anilines is 2. The summed E-state index contributed by atoms with van der Waals surface area (Å²) in [7, 11) is 3.83. The van der Waals surface area contributed by atoms with Crippen molar-refractivity contribution < 1.29 is 19.1 Å². The molecule has 1 atom stereocenters. The van der Waals surface area contributed by atoms with Crippen LogP contribution in [0.25, 0.3) is 11.0 Å². The first kappa shape index (κ1) is 21.7. The van der Waals surface area contributed by atoms with E-state index in [9.17, 15) is 14.7 Å². The van der Waals surface area contributed by atoms with Gasteiger partial charge in [-0.1, -0.05) is 11.6 Å². The van der Waals surface area contributed by atoms with E-state index in [-0.39, 0.29) is 11.3 Å². The minimum Gasteiger partial charge on any atom is -0.503 e. The van der Waals surface area contributed by atoms with E-state index in [1.165, 1.54) is 4.90 Å². The molecule has 3 heterocycles. The van der Waals surface area contributed by atoms with Gasteiger partial charge < -0.3 is 14.4 Å². The maximum absolute atomic E-state index is 13.6. The van der Waals surface area contributed by atoms with Gasteiger partial charge in [-0.15, -0.1) is 0 Å². The summed E-state index contributed by atoms with van der Waals surface area (Å²) < 4.78 is 5.75. The van der Waals surface area contributed by atoms with Crippen molar-refractivity contribution in [1.29, 1.82) is 0 Å². The fraction of sp³-hybridized carbons (Fsp3) is 0.115. The second kappa shape index (κ2) is 8.35. The molecule has 7 nitrogen and oxygen atoms in total. The maximum Gasteiger partial charge on any atom is 0.294 e. The number of carbonyl (C=O) groups excluding carboxylic acids is 2. The number of aliphatic hydroxyl groups excluding tert-OH is 1. The van der Waals surface area contributed by atoms with Gasteiger partial charge in [-0.2, -0.15) is 0 Å². The van der Waals surface area contributed by atoms with Crippen molar-refractivity contribution >= 4 is 45.6 Å². The van der Waals surface area contributed by atoms with E-state index in [1.54, 1.807) is 60.9 Å². The van der Waals surface area contributed by atoms with Crippen molar-refractivity contribution in [2.24, 2.45) is 0 Å². The van der Waals surface area contributed by atoms with E-state index in [4.69, 9.17) is 16.0 Å². The van der Waals surface area contributed by atoms with Crippen LogP contribution >= 0.6 is 11.6 Å². The van der Waals surface area contributed by atoms with Gasteiger partial charge in [0.05, 0.1) is 11.6 Å². The quantitative estimate of drug-likeness (QED) is 0.394. The van der Waals surface area contributed by atoms with E-state index in [0.717, 1.165) is 5.69 Å². The average molecular weight is 474 g/mol. The molecule has 1 unspecified atom stereocenters. The van der Waals surface area contributed by atoms with Crippen LogP contribution in [0.2, 0.25) is 5.02 Å². The minimum absolute atomic E-state index is 0.00970. The number of hydrogen-bond acceptors (Lipinski definition) is 6. The van der Waals surface area contributed by atoms with E-state index in [1.807, 2.05) is 31.1 Å². The van der Waals surface area contributed by atoms with Gasteiger partial charge in [-0.3, -0.25) is 19.5 Å². The minimum atomic E-state index is -0.856. The van der Waals surface area contributed by atoms with E-state index in [2.05, 4.69) is 4.98 Å². The van der Waals surface area contributed by atoms with Crippen molar-refractivity contribution in [2.45, 2.75) is 6.04 Å². The number of halogens is 1. The first-order valence-corrected chi connectivity index (χ1v) is 10.9. The Bertz CT molecular complexity index is 1440. The molecule has 0 saturated carbocycles. The first-order valence-electron chi connectivity index (χ1n) is 10.5. The summed E-state index contributed by atoms with van der Waals surface area (Å²) in [5.41, 5.74) is 2.55. The third-order valence-electron chi connectivity index (χ3n) is 5.82. The fourth-order valence-corrected chi connectivity index (χ4v) is 4.32. The molecule has 2 aromatic heterocycles. The number of amides is 1. The summed E-state index contributed by atoms with van der Waals surface area (Å²) in [4.78, 5) is 34.3. The number of furan rings is 1. The molecule has 170 valence electrons. The average Bonchev–Trinajstić information content (AvgIpc) is 3.38. The van der Waals surface area contributed by atoms with Gasteiger partial charge in [-0.05, 0) is 66.2 Å². The number of hydrogen-bond donors (Lipinski definition) is 1. The van der Waals surface area contributed by atoms with Crippen molar-refractivity contribution in [1.82, 2.24) is 4.98 Å². The molecule has 5 rings (SSSR count). The molecule has 0 fully saturated rings. The van der Waals surface area contributed by atoms with Crippen LogP contribution in [-0.2, 0) is 4.79 Å². The molecule has 34 heavy (non-hydrogen) atoms. The molecule has 1 amide bonds. The highest BCUT2D eigenvalue weighted by Gasteiger charge is 2.45. The number of Topliss-reactive ketones (excluding diaryl/α,β-unsaturated/α-hetero) is 1. The molecule has 1 aliphatic rings. The lowest BCUT2D eigenvalue weighted by Gasteiger charge is -2.27. The number of rotatable bonds is 5. The SMILES string of the molecule is CN(C)c1ccc(N2C(=O)C(O)=C(C(=O)c3cc4cc(Cl)ccc4o3)C2c2ccncc2)cc1. The lowest BCUT2D eigenvalue weighted by atomic mass is 9.95. The van der Waals surface area contributed by atoms with Crippen LogP contribution < -0.4 is 9.80 Å². The lowest BCUT2D eigenvalue weighted by molar-refractivity contribution is -0.117. The van der Waals surface area contributed by atoms with Gasteiger partial charge in [0.15, 0.2) is 11.5 Å². The monoisotopic (exact) mass is 473 g/mol. The summed E-state index contributed by atoms with van der Waals surface area (Å²) in [5.74, 6) is -1.84. The summed E-state index contributed by atoms with van der Waals surface area (Å²) >= 11 is 6.06. The summed E-state index contributed by atoms with van der Waals surface area (Å²) in [6, 6.07) is 16.4. The zero-order chi connectivity index (χ0) is 24.0. The van der Waals surface area contributed by atoms with Crippen LogP contribution in [0, 0.1) is 0 Å². The number of fused-ring (bicyclic) bond motifs is 1. The summed E-state index contributed by atoms with van der Waals surface area (Å²) in [5, 5.41) is 12.1. The molecule has 1 aliphatic heterocycles. The van der Waals surface area contributed by atoms with Crippen molar-refractivity contribution in [3.63, 3.8) is 0 Å². The van der Waals surface area contributed by atoms with Crippen LogP contribution in [0.15, 0.2) is 88.8 Å². The Morgan fingerprint density at radius 1 is 1.06 bits per heavy atom. The summed E-state index contributed by atoms with van der Waals surface area (Å²) in [6.07, 6.45) is 3.15. The second-order valence-corrected chi connectivity index (χ2v) is 8.59. The number of ketones is 1. The molecule has 8 heteroatoms. The van der Waals surface area contributed by atoms with Crippen LogP contribution in [-0.4, -0.2) is 35.9 Å². The molecule has 0 bridgehead atoms. The number of pyridine rings is 1. The predicted molar refractivity (Wildman–Crippen MR) is 130 cm³/mol. The third-order valence-corrected chi connectivity index (χ3v) is 6.06. The van der Waals surface area contributed by atoms with E-state index >= 15 is 0 Å². The molecule has 0 radical (unpaired) electrons. The van der Waals surface area contributed by atoms with Gasteiger partial charge in [0, 0.05) is 48.3 Å². The Morgan fingerprint density at radius 2 is 1.76 bits per heavy atom. The molecule has 0 aliphatic carbocycles. The van der Waals surface area contributed by atoms with Crippen LogP contribution in [0.3, 0.4) is 0 Å². The van der Waals surface area contributed by atoms with E-state index in [0.29, 0.717) is 27.2 Å². The van der Waals surface area contributed by atoms with Crippen LogP contribution in [0.5, 0.6) is 0 Å². The fourth-order valence-electron chi connectivity index (χ4n) is 4.13. The topological polar surface area (TPSA) is 86.9 Å². The number of carbonyl (C=O) groups is 2. The van der Waals surface area contributed by atoms with Crippen LogP contribution in [0.1, 0.15) is 22.2 Å². The van der Waals surface area contributed by atoms with Crippen LogP contribution in [0.4, 0.5) is 11.4 Å². The lowest BCUT2D eigenvalue weighted by Crippen LogP contribution is -2.31. The van der Waals surface area contributed by atoms with Gasteiger partial charge in [0.2, 0.25) is 5.78 Å². The van der Waals surface area contributed by atoms with Gasteiger partial charge >= 0.3 is 0 Å².